The third-order valence-corrected chi connectivity index (χ3v) is 3.25. The monoisotopic (exact) mass is 278 g/mol. The lowest BCUT2D eigenvalue weighted by Crippen LogP contribution is -2.32. The second-order valence-corrected chi connectivity index (χ2v) is 5.31. The van der Waals surface area contributed by atoms with E-state index in [1.54, 1.807) is 0 Å². The predicted molar refractivity (Wildman–Crippen MR) is 83.0 cm³/mol. The Morgan fingerprint density at radius 3 is 2.50 bits per heavy atom. The van der Waals surface area contributed by atoms with E-state index < -0.39 is 6.10 Å². The molecule has 0 aliphatic carbocycles. The van der Waals surface area contributed by atoms with Crippen LogP contribution in [0.3, 0.4) is 0 Å². The van der Waals surface area contributed by atoms with E-state index in [-0.39, 0.29) is 5.91 Å². The van der Waals surface area contributed by atoms with E-state index in [9.17, 15) is 9.90 Å². The molecule has 20 heavy (non-hydrogen) atoms. The fourth-order valence-corrected chi connectivity index (χ4v) is 1.97. The summed E-state index contributed by atoms with van der Waals surface area (Å²) < 4.78 is 0. The highest BCUT2D eigenvalue weighted by atomic mass is 16.3. The molecule has 1 unspecified atom stereocenters. The summed E-state index contributed by atoms with van der Waals surface area (Å²) in [5, 5.41) is 12.3. The fraction of sp³-hybridized carbons (Fsp3) is 0.562. The molecule has 0 radical (unpaired) electrons. The molecule has 0 heterocycles. The van der Waals surface area contributed by atoms with Crippen LogP contribution in [0.4, 0.5) is 5.69 Å². The molecule has 1 aromatic carbocycles. The maximum absolute atomic E-state index is 11.7. The summed E-state index contributed by atoms with van der Waals surface area (Å²) in [5.41, 5.74) is 2.31. The Hall–Kier alpha value is -1.55. The highest BCUT2D eigenvalue weighted by Crippen LogP contribution is 2.13. The minimum atomic E-state index is -0.427. The Morgan fingerprint density at radius 2 is 1.95 bits per heavy atom. The zero-order chi connectivity index (χ0) is 15.0. The number of nitrogens with zero attached hydrogens (tertiary/aromatic N) is 1. The molecule has 4 heteroatoms. The normalized spacial score (nSPS) is 12.0. The van der Waals surface area contributed by atoms with E-state index in [1.165, 1.54) is 0 Å². The number of carbonyl (C=O) groups excluding carboxylic acids is 1. The maximum atomic E-state index is 11.7. The average molecular weight is 278 g/mol. The molecule has 0 spiro atoms. The SMILES string of the molecule is CCCC(O)CNC(=O)CCc1ccc(N(C)C)cc1. The highest BCUT2D eigenvalue weighted by Gasteiger charge is 2.06. The molecule has 1 rings (SSSR count). The number of rotatable bonds is 8. The number of hydrogen-bond acceptors (Lipinski definition) is 3. The van der Waals surface area contributed by atoms with Crippen molar-refractivity contribution in [3.63, 3.8) is 0 Å². The Balaban J connectivity index is 2.30. The molecule has 0 aromatic heterocycles. The Morgan fingerprint density at radius 1 is 1.30 bits per heavy atom. The van der Waals surface area contributed by atoms with Gasteiger partial charge in [0.2, 0.25) is 5.91 Å². The first-order valence-corrected chi connectivity index (χ1v) is 7.24. The summed E-state index contributed by atoms with van der Waals surface area (Å²) in [4.78, 5) is 13.7. The summed E-state index contributed by atoms with van der Waals surface area (Å²) >= 11 is 0. The number of hydrogen-bond donors (Lipinski definition) is 2. The number of benzene rings is 1. The third-order valence-electron chi connectivity index (χ3n) is 3.25. The molecular weight excluding hydrogens is 252 g/mol. The second-order valence-electron chi connectivity index (χ2n) is 5.31. The quantitative estimate of drug-likeness (QED) is 0.764. The maximum Gasteiger partial charge on any atom is 0.220 e. The molecule has 1 amide bonds. The number of aliphatic hydroxyl groups excluding tert-OH is 1. The first kappa shape index (κ1) is 16.5. The van der Waals surface area contributed by atoms with Crippen LogP contribution in [0.15, 0.2) is 24.3 Å². The number of aryl methyl sites for hydroxylation is 1. The van der Waals surface area contributed by atoms with Crippen LogP contribution in [0.2, 0.25) is 0 Å². The van der Waals surface area contributed by atoms with Gasteiger partial charge in [-0.25, -0.2) is 0 Å². The lowest BCUT2D eigenvalue weighted by atomic mass is 10.1. The van der Waals surface area contributed by atoms with Crippen LogP contribution in [-0.4, -0.2) is 37.8 Å². The van der Waals surface area contributed by atoms with Gasteiger partial charge in [0, 0.05) is 32.7 Å². The van der Waals surface area contributed by atoms with Crippen LogP contribution in [-0.2, 0) is 11.2 Å². The van der Waals surface area contributed by atoms with Crippen LogP contribution < -0.4 is 10.2 Å². The average Bonchev–Trinajstić information content (AvgIpc) is 2.43. The van der Waals surface area contributed by atoms with Crippen LogP contribution in [0.1, 0.15) is 31.7 Å². The van der Waals surface area contributed by atoms with E-state index in [1.807, 2.05) is 25.9 Å². The second kappa shape index (κ2) is 8.59. The first-order valence-electron chi connectivity index (χ1n) is 7.24. The zero-order valence-corrected chi connectivity index (χ0v) is 12.7. The smallest absolute Gasteiger partial charge is 0.220 e. The van der Waals surface area contributed by atoms with Gasteiger partial charge in [-0.3, -0.25) is 4.79 Å². The molecule has 1 atom stereocenters. The summed E-state index contributed by atoms with van der Waals surface area (Å²) in [5.74, 6) is -0.00293. The third kappa shape index (κ3) is 6.06. The van der Waals surface area contributed by atoms with Crippen molar-refractivity contribution in [2.45, 2.75) is 38.7 Å². The van der Waals surface area contributed by atoms with Gasteiger partial charge >= 0.3 is 0 Å². The van der Waals surface area contributed by atoms with Crippen molar-refractivity contribution in [3.8, 4) is 0 Å². The number of aliphatic hydroxyl groups is 1. The van der Waals surface area contributed by atoms with Gasteiger partial charge in [0.05, 0.1) is 6.10 Å². The Kier molecular flexibility index (Phi) is 7.09. The van der Waals surface area contributed by atoms with Crippen LogP contribution >= 0.6 is 0 Å². The molecule has 0 fully saturated rings. The van der Waals surface area contributed by atoms with Crippen molar-refractivity contribution < 1.29 is 9.90 Å². The minimum absolute atomic E-state index is 0.00293. The van der Waals surface area contributed by atoms with Gasteiger partial charge in [0.25, 0.3) is 0 Å². The molecule has 0 saturated heterocycles. The topological polar surface area (TPSA) is 52.6 Å². The van der Waals surface area contributed by atoms with Crippen LogP contribution in [0.5, 0.6) is 0 Å². The molecular formula is C16H26N2O2. The lowest BCUT2D eigenvalue weighted by molar-refractivity contribution is -0.121. The van der Waals surface area contributed by atoms with Gasteiger partial charge in [-0.2, -0.15) is 0 Å². The van der Waals surface area contributed by atoms with Gasteiger partial charge in [-0.1, -0.05) is 25.5 Å². The molecule has 0 aliphatic rings. The van der Waals surface area contributed by atoms with Gasteiger partial charge in [-0.05, 0) is 30.5 Å². The first-order chi connectivity index (χ1) is 9.52. The molecule has 112 valence electrons. The van der Waals surface area contributed by atoms with E-state index >= 15 is 0 Å². The van der Waals surface area contributed by atoms with Crippen molar-refractivity contribution in [1.29, 1.82) is 0 Å². The van der Waals surface area contributed by atoms with Crippen LogP contribution in [0, 0.1) is 0 Å². The fourth-order valence-electron chi connectivity index (χ4n) is 1.97. The summed E-state index contributed by atoms with van der Waals surface area (Å²) in [7, 11) is 4.01. The van der Waals surface area contributed by atoms with E-state index in [4.69, 9.17) is 0 Å². The van der Waals surface area contributed by atoms with Crippen LogP contribution in [0.25, 0.3) is 0 Å². The predicted octanol–water partition coefficient (Wildman–Crippen LogP) is 1.96. The molecule has 0 saturated carbocycles. The largest absolute Gasteiger partial charge is 0.391 e. The molecule has 1 aromatic rings. The van der Waals surface area contributed by atoms with Crippen molar-refractivity contribution in [2.75, 3.05) is 25.5 Å². The van der Waals surface area contributed by atoms with E-state index in [2.05, 4.69) is 29.6 Å². The summed E-state index contributed by atoms with van der Waals surface area (Å²) in [6, 6.07) is 8.21. The zero-order valence-electron chi connectivity index (χ0n) is 12.7. The van der Waals surface area contributed by atoms with Crippen molar-refractivity contribution in [1.82, 2.24) is 5.32 Å². The van der Waals surface area contributed by atoms with E-state index in [0.717, 1.165) is 30.5 Å². The Bertz CT molecular complexity index is 401. The van der Waals surface area contributed by atoms with Crippen molar-refractivity contribution in [2.24, 2.45) is 0 Å². The Labute approximate surface area is 121 Å². The standard InChI is InChI=1S/C16H26N2O2/c1-4-5-15(19)12-17-16(20)11-8-13-6-9-14(10-7-13)18(2)3/h6-7,9-10,15,19H,4-5,8,11-12H2,1-3H3,(H,17,20). The van der Waals surface area contributed by atoms with E-state index in [0.29, 0.717) is 13.0 Å². The molecule has 0 bridgehead atoms. The summed E-state index contributed by atoms with van der Waals surface area (Å²) in [6.07, 6.45) is 2.41. The molecule has 0 aliphatic heterocycles. The van der Waals surface area contributed by atoms with Gasteiger partial charge in [0.15, 0.2) is 0 Å². The van der Waals surface area contributed by atoms with Crippen molar-refractivity contribution >= 4 is 11.6 Å². The minimum Gasteiger partial charge on any atom is -0.391 e. The number of nitrogens with one attached hydrogen (secondary N) is 1. The van der Waals surface area contributed by atoms with Crippen molar-refractivity contribution in [3.05, 3.63) is 29.8 Å². The summed E-state index contributed by atoms with van der Waals surface area (Å²) in [6.45, 7) is 2.37. The molecule has 4 nitrogen and oxygen atoms in total. The highest BCUT2D eigenvalue weighted by molar-refractivity contribution is 5.76. The van der Waals surface area contributed by atoms with Gasteiger partial charge in [0.1, 0.15) is 0 Å². The van der Waals surface area contributed by atoms with Gasteiger partial charge < -0.3 is 15.3 Å². The molecule has 2 N–H and O–H groups in total. The number of amides is 1. The lowest BCUT2D eigenvalue weighted by Gasteiger charge is -2.13. The number of carbonyl (C=O) groups is 1. The van der Waals surface area contributed by atoms with Gasteiger partial charge in [-0.15, -0.1) is 0 Å². The number of anilines is 1.